The molecule has 27 heavy (non-hydrogen) atoms. The van der Waals surface area contributed by atoms with Crippen molar-refractivity contribution in [3.63, 3.8) is 0 Å². The molecular formula is C19H28ClF3N2O2. The van der Waals surface area contributed by atoms with Crippen LogP contribution in [0.3, 0.4) is 0 Å². The van der Waals surface area contributed by atoms with Crippen LogP contribution in [-0.4, -0.2) is 61.5 Å². The third kappa shape index (κ3) is 6.52. The number of aliphatic hydroxyl groups excluding tert-OH is 1. The third-order valence-electron chi connectivity index (χ3n) is 5.21. The fourth-order valence-electron chi connectivity index (χ4n) is 3.72. The van der Waals surface area contributed by atoms with Crippen LogP contribution in [0.15, 0.2) is 24.3 Å². The van der Waals surface area contributed by atoms with Gasteiger partial charge in [0.1, 0.15) is 0 Å². The summed E-state index contributed by atoms with van der Waals surface area (Å²) >= 11 is 0. The monoisotopic (exact) mass is 408 g/mol. The molecule has 1 heterocycles. The van der Waals surface area contributed by atoms with Crippen molar-refractivity contribution < 1.29 is 23.0 Å². The van der Waals surface area contributed by atoms with Gasteiger partial charge in [-0.1, -0.05) is 18.9 Å². The zero-order valence-electron chi connectivity index (χ0n) is 15.3. The van der Waals surface area contributed by atoms with Crippen molar-refractivity contribution in [1.82, 2.24) is 4.90 Å². The van der Waals surface area contributed by atoms with Gasteiger partial charge in [-0.15, -0.1) is 12.4 Å². The van der Waals surface area contributed by atoms with Crippen LogP contribution in [0.1, 0.15) is 31.2 Å². The van der Waals surface area contributed by atoms with Gasteiger partial charge >= 0.3 is 6.18 Å². The maximum atomic E-state index is 12.9. The van der Waals surface area contributed by atoms with E-state index < -0.39 is 17.8 Å². The molecule has 0 radical (unpaired) electrons. The lowest BCUT2D eigenvalue weighted by Gasteiger charge is -2.37. The minimum atomic E-state index is -4.32. The maximum absolute atomic E-state index is 12.9. The Morgan fingerprint density at radius 1 is 1.11 bits per heavy atom. The van der Waals surface area contributed by atoms with Crippen molar-refractivity contribution in [2.24, 2.45) is 0 Å². The Hall–Kier alpha value is -1.02. The minimum Gasteiger partial charge on any atom is -0.389 e. The number of piperazine rings is 1. The van der Waals surface area contributed by atoms with Crippen molar-refractivity contribution in [1.29, 1.82) is 0 Å². The van der Waals surface area contributed by atoms with Gasteiger partial charge < -0.3 is 14.7 Å². The van der Waals surface area contributed by atoms with Crippen LogP contribution in [0.2, 0.25) is 0 Å². The Morgan fingerprint density at radius 2 is 1.78 bits per heavy atom. The molecule has 1 unspecified atom stereocenters. The van der Waals surface area contributed by atoms with E-state index in [4.69, 9.17) is 4.74 Å². The number of hydrogen-bond donors (Lipinski definition) is 1. The predicted octanol–water partition coefficient (Wildman–Crippen LogP) is 3.57. The lowest BCUT2D eigenvalue weighted by Crippen LogP contribution is -2.49. The summed E-state index contributed by atoms with van der Waals surface area (Å²) in [5.41, 5.74) is -0.0125. The fraction of sp³-hybridized carbons (Fsp3) is 0.684. The first-order chi connectivity index (χ1) is 12.4. The van der Waals surface area contributed by atoms with Crippen LogP contribution < -0.4 is 4.90 Å². The molecule has 1 atom stereocenters. The summed E-state index contributed by atoms with van der Waals surface area (Å²) in [7, 11) is 0. The Balaban J connectivity index is 0.00000261. The molecule has 3 rings (SSSR count). The number of nitrogens with zero attached hydrogens (tertiary/aromatic N) is 2. The predicted molar refractivity (Wildman–Crippen MR) is 102 cm³/mol. The first kappa shape index (κ1) is 22.3. The van der Waals surface area contributed by atoms with Gasteiger partial charge in [-0.05, 0) is 31.0 Å². The van der Waals surface area contributed by atoms with Crippen LogP contribution in [0.5, 0.6) is 0 Å². The molecular weight excluding hydrogens is 381 g/mol. The van der Waals surface area contributed by atoms with Crippen molar-refractivity contribution >= 4 is 18.1 Å². The molecule has 1 aromatic rings. The molecule has 2 aliphatic rings. The number of aliphatic hydroxyl groups is 1. The van der Waals surface area contributed by atoms with Crippen molar-refractivity contribution in [3.05, 3.63) is 29.8 Å². The standard InChI is InChI=1S/C19H27F3N2O2.ClH/c20-19(21,22)15-4-3-5-16(12-15)24-10-8-23(9-11-24)13-17(25)14-26-18-6-1-2-7-18;/h3-5,12,17-18,25H,1-2,6-11,13-14H2;1H. The molecule has 2 fully saturated rings. The Bertz CT molecular complexity index is 574. The van der Waals surface area contributed by atoms with E-state index in [0.717, 1.165) is 32.0 Å². The lowest BCUT2D eigenvalue weighted by atomic mass is 10.1. The van der Waals surface area contributed by atoms with E-state index >= 15 is 0 Å². The molecule has 1 saturated heterocycles. The number of rotatable bonds is 6. The fourth-order valence-corrected chi connectivity index (χ4v) is 3.72. The number of hydrogen-bond acceptors (Lipinski definition) is 4. The summed E-state index contributed by atoms with van der Waals surface area (Å²) in [4.78, 5) is 4.11. The molecule has 1 aliphatic heterocycles. The molecule has 0 bridgehead atoms. The highest BCUT2D eigenvalue weighted by molar-refractivity contribution is 5.85. The second-order valence-corrected chi connectivity index (χ2v) is 7.23. The maximum Gasteiger partial charge on any atom is 0.416 e. The Morgan fingerprint density at radius 3 is 2.41 bits per heavy atom. The van der Waals surface area contributed by atoms with Crippen molar-refractivity contribution in [2.75, 3.05) is 44.2 Å². The molecule has 4 nitrogen and oxygen atoms in total. The van der Waals surface area contributed by atoms with Gasteiger partial charge in [-0.3, -0.25) is 4.90 Å². The summed E-state index contributed by atoms with van der Waals surface area (Å²) < 4.78 is 44.3. The Labute approximate surface area is 164 Å². The lowest BCUT2D eigenvalue weighted by molar-refractivity contribution is -0.137. The molecule has 1 saturated carbocycles. The van der Waals surface area contributed by atoms with Gasteiger partial charge in [0, 0.05) is 38.4 Å². The first-order valence-electron chi connectivity index (χ1n) is 9.36. The molecule has 1 N–H and O–H groups in total. The van der Waals surface area contributed by atoms with Gasteiger partial charge in [-0.25, -0.2) is 0 Å². The van der Waals surface area contributed by atoms with Crippen molar-refractivity contribution in [3.8, 4) is 0 Å². The van der Waals surface area contributed by atoms with Crippen LogP contribution in [-0.2, 0) is 10.9 Å². The van der Waals surface area contributed by atoms with E-state index in [1.807, 2.05) is 4.90 Å². The average Bonchev–Trinajstić information content (AvgIpc) is 3.14. The van der Waals surface area contributed by atoms with Crippen molar-refractivity contribution in [2.45, 2.75) is 44.1 Å². The van der Waals surface area contributed by atoms with Gasteiger partial charge in [0.05, 0.1) is 24.4 Å². The van der Waals surface area contributed by atoms with Gasteiger partial charge in [0.15, 0.2) is 0 Å². The normalized spacial score (nSPS) is 20.5. The SMILES string of the molecule is Cl.OC(COC1CCCC1)CN1CCN(c2cccc(C(F)(F)F)c2)CC1. The average molecular weight is 409 g/mol. The van der Waals surface area contributed by atoms with E-state index in [-0.39, 0.29) is 12.4 Å². The number of anilines is 1. The largest absolute Gasteiger partial charge is 0.416 e. The van der Waals surface area contributed by atoms with Crippen LogP contribution >= 0.6 is 12.4 Å². The van der Waals surface area contributed by atoms with Gasteiger partial charge in [-0.2, -0.15) is 13.2 Å². The molecule has 0 amide bonds. The van der Waals surface area contributed by atoms with Gasteiger partial charge in [0.25, 0.3) is 0 Å². The number of ether oxygens (including phenoxy) is 1. The first-order valence-corrected chi connectivity index (χ1v) is 9.36. The molecule has 154 valence electrons. The zero-order valence-corrected chi connectivity index (χ0v) is 16.1. The summed E-state index contributed by atoms with van der Waals surface area (Å²) in [6.45, 7) is 3.64. The second kappa shape index (κ2) is 9.96. The van der Waals surface area contributed by atoms with E-state index in [1.54, 1.807) is 6.07 Å². The molecule has 1 aliphatic carbocycles. The number of benzene rings is 1. The summed E-state index contributed by atoms with van der Waals surface area (Å²) in [5, 5.41) is 10.2. The topological polar surface area (TPSA) is 35.9 Å². The third-order valence-corrected chi connectivity index (χ3v) is 5.21. The molecule has 8 heteroatoms. The number of β-amino-alcohol motifs (C(OH)–C–C–N with tert-alkyl or cyclic N) is 1. The molecule has 1 aromatic carbocycles. The Kier molecular flexibility index (Phi) is 8.21. The summed E-state index contributed by atoms with van der Waals surface area (Å²) in [5.74, 6) is 0. The zero-order chi connectivity index (χ0) is 18.6. The highest BCUT2D eigenvalue weighted by Crippen LogP contribution is 2.31. The van der Waals surface area contributed by atoms with Crippen LogP contribution in [0.4, 0.5) is 18.9 Å². The van der Waals surface area contributed by atoms with Gasteiger partial charge in [0.2, 0.25) is 0 Å². The number of halogens is 4. The quantitative estimate of drug-likeness (QED) is 0.780. The molecule has 0 aromatic heterocycles. The number of alkyl halides is 3. The van der Waals surface area contributed by atoms with Crippen LogP contribution in [0.25, 0.3) is 0 Å². The highest BCUT2D eigenvalue weighted by Gasteiger charge is 2.31. The van der Waals surface area contributed by atoms with E-state index in [2.05, 4.69) is 4.90 Å². The van der Waals surface area contributed by atoms with Crippen LogP contribution in [0, 0.1) is 0 Å². The van der Waals surface area contributed by atoms with E-state index in [9.17, 15) is 18.3 Å². The highest BCUT2D eigenvalue weighted by atomic mass is 35.5. The summed E-state index contributed by atoms with van der Waals surface area (Å²) in [6.07, 6.45) is 0.0424. The molecule has 0 spiro atoms. The second-order valence-electron chi connectivity index (χ2n) is 7.23. The summed E-state index contributed by atoms with van der Waals surface area (Å²) in [6, 6.07) is 5.48. The smallest absolute Gasteiger partial charge is 0.389 e. The van der Waals surface area contributed by atoms with E-state index in [0.29, 0.717) is 38.0 Å². The minimum absolute atomic E-state index is 0. The van der Waals surface area contributed by atoms with E-state index in [1.165, 1.54) is 25.0 Å².